The third kappa shape index (κ3) is 3.83. The monoisotopic (exact) mass is 446 g/mol. The number of nitrogens with one attached hydrogen (secondary N) is 1. The molecule has 0 saturated carbocycles. The Morgan fingerprint density at radius 1 is 0.933 bits per heavy atom. The van der Waals surface area contributed by atoms with Crippen LogP contribution in [0.15, 0.2) is 42.6 Å². The third-order valence-electron chi connectivity index (χ3n) is 5.07. The van der Waals surface area contributed by atoms with Crippen LogP contribution < -0.4 is 0 Å². The van der Waals surface area contributed by atoms with Gasteiger partial charge in [-0.2, -0.15) is 0 Å². The molecule has 1 N–H and O–H groups in total. The summed E-state index contributed by atoms with van der Waals surface area (Å²) in [6, 6.07) is 9.04. The number of aromatic amines is 1. The number of halogens is 2. The Morgan fingerprint density at radius 2 is 1.53 bits per heavy atom. The molecule has 2 heterocycles. The highest BCUT2D eigenvalue weighted by molar-refractivity contribution is 6.35. The molecule has 0 spiro atoms. The summed E-state index contributed by atoms with van der Waals surface area (Å²) in [6.45, 7) is 1.41. The predicted molar refractivity (Wildman–Crippen MR) is 113 cm³/mol. The topological polar surface area (TPSA) is 99.6 Å². The van der Waals surface area contributed by atoms with E-state index in [1.807, 2.05) is 0 Å². The number of nitro groups is 1. The molecular formula is C20H16Cl2N4O4. The molecule has 1 aliphatic heterocycles. The number of fused-ring (bicyclic) bond motifs is 1. The van der Waals surface area contributed by atoms with Crippen LogP contribution >= 0.6 is 23.2 Å². The van der Waals surface area contributed by atoms with Crippen molar-refractivity contribution in [2.24, 2.45) is 0 Å². The molecule has 0 atom stereocenters. The van der Waals surface area contributed by atoms with Crippen molar-refractivity contribution in [3.63, 3.8) is 0 Å². The van der Waals surface area contributed by atoms with Gasteiger partial charge in [0.1, 0.15) is 0 Å². The van der Waals surface area contributed by atoms with Crippen LogP contribution in [-0.4, -0.2) is 57.7 Å². The van der Waals surface area contributed by atoms with Crippen LogP contribution in [0.1, 0.15) is 20.7 Å². The number of benzene rings is 2. The molecule has 1 fully saturated rings. The molecule has 1 aliphatic rings. The number of aromatic nitrogens is 1. The van der Waals surface area contributed by atoms with Crippen molar-refractivity contribution in [1.82, 2.24) is 14.8 Å². The lowest BCUT2D eigenvalue weighted by Crippen LogP contribution is -2.50. The van der Waals surface area contributed by atoms with Gasteiger partial charge in [-0.15, -0.1) is 0 Å². The average Bonchev–Trinajstić information content (AvgIpc) is 3.15. The maximum atomic E-state index is 13.0. The Hall–Kier alpha value is -3.10. The van der Waals surface area contributed by atoms with E-state index in [4.69, 9.17) is 23.2 Å². The molecule has 1 aromatic heterocycles. The number of hydrogen-bond donors (Lipinski definition) is 1. The van der Waals surface area contributed by atoms with Gasteiger partial charge in [0.15, 0.2) is 0 Å². The number of nitro benzene ring substituents is 1. The maximum absolute atomic E-state index is 13.0. The summed E-state index contributed by atoms with van der Waals surface area (Å²) >= 11 is 12.0. The highest BCUT2D eigenvalue weighted by Gasteiger charge is 2.27. The van der Waals surface area contributed by atoms with Gasteiger partial charge in [-0.1, -0.05) is 23.2 Å². The SMILES string of the molecule is O=C(c1cc(Cl)cc(Cl)c1)N1CCN(C(=O)c2c[nH]c3ccc([N+](=O)[O-])cc23)CC1. The van der Waals surface area contributed by atoms with Crippen LogP contribution in [0.5, 0.6) is 0 Å². The third-order valence-corrected chi connectivity index (χ3v) is 5.51. The van der Waals surface area contributed by atoms with Crippen molar-refractivity contribution < 1.29 is 14.5 Å². The average molecular weight is 447 g/mol. The van der Waals surface area contributed by atoms with E-state index in [1.165, 1.54) is 12.1 Å². The second-order valence-corrected chi connectivity index (χ2v) is 7.80. The normalized spacial score (nSPS) is 14.2. The number of piperazine rings is 1. The van der Waals surface area contributed by atoms with Crippen molar-refractivity contribution in [3.05, 3.63) is 73.9 Å². The number of nitrogens with zero attached hydrogens (tertiary/aromatic N) is 3. The molecule has 8 nitrogen and oxygen atoms in total. The Balaban J connectivity index is 1.48. The number of carbonyl (C=O) groups excluding carboxylic acids is 2. The predicted octanol–water partition coefficient (Wildman–Crippen LogP) is 3.98. The smallest absolute Gasteiger partial charge is 0.270 e. The van der Waals surface area contributed by atoms with Crippen molar-refractivity contribution in [2.75, 3.05) is 26.2 Å². The number of amides is 2. The van der Waals surface area contributed by atoms with Crippen molar-refractivity contribution in [1.29, 1.82) is 0 Å². The second kappa shape index (κ2) is 7.97. The highest BCUT2D eigenvalue weighted by Crippen LogP contribution is 2.25. The quantitative estimate of drug-likeness (QED) is 0.485. The first-order valence-corrected chi connectivity index (χ1v) is 9.89. The maximum Gasteiger partial charge on any atom is 0.270 e. The molecule has 4 rings (SSSR count). The van der Waals surface area contributed by atoms with Crippen LogP contribution in [0.3, 0.4) is 0 Å². The summed E-state index contributed by atoms with van der Waals surface area (Å²) in [6.07, 6.45) is 1.56. The lowest BCUT2D eigenvalue weighted by molar-refractivity contribution is -0.384. The number of carbonyl (C=O) groups is 2. The first kappa shape index (κ1) is 20.2. The highest BCUT2D eigenvalue weighted by atomic mass is 35.5. The van der Waals surface area contributed by atoms with Gasteiger partial charge in [-0.05, 0) is 24.3 Å². The zero-order valence-electron chi connectivity index (χ0n) is 15.6. The van der Waals surface area contributed by atoms with Gasteiger partial charge in [0.05, 0.1) is 10.5 Å². The summed E-state index contributed by atoms with van der Waals surface area (Å²) in [5.41, 5.74) is 1.34. The standard InChI is InChI=1S/C20H16Cl2N4O4/c21-13-7-12(8-14(22)9-13)19(27)24-3-5-25(6-4-24)20(28)17-11-23-18-2-1-15(26(29)30)10-16(17)18/h1-2,7-11,23H,3-6H2. The molecule has 2 amide bonds. The molecule has 0 radical (unpaired) electrons. The van der Waals surface area contributed by atoms with Gasteiger partial charge in [0.25, 0.3) is 17.5 Å². The zero-order valence-corrected chi connectivity index (χ0v) is 17.1. The Bertz CT molecular complexity index is 1150. The minimum Gasteiger partial charge on any atom is -0.360 e. The molecule has 154 valence electrons. The van der Waals surface area contributed by atoms with E-state index in [2.05, 4.69) is 4.98 Å². The van der Waals surface area contributed by atoms with Crippen LogP contribution in [0.25, 0.3) is 10.9 Å². The van der Waals surface area contributed by atoms with E-state index in [9.17, 15) is 19.7 Å². The molecule has 0 unspecified atom stereocenters. The van der Waals surface area contributed by atoms with Crippen molar-refractivity contribution in [2.45, 2.75) is 0 Å². The van der Waals surface area contributed by atoms with Crippen LogP contribution in [0, 0.1) is 10.1 Å². The fraction of sp³-hybridized carbons (Fsp3) is 0.200. The Morgan fingerprint density at radius 3 is 2.13 bits per heavy atom. The van der Waals surface area contributed by atoms with Crippen LogP contribution in [0.4, 0.5) is 5.69 Å². The van der Waals surface area contributed by atoms with Gasteiger partial charge in [0.2, 0.25) is 0 Å². The molecule has 3 aromatic rings. The number of non-ortho nitro benzene ring substituents is 1. The van der Waals surface area contributed by atoms with Gasteiger partial charge in [0, 0.05) is 71.0 Å². The lowest BCUT2D eigenvalue weighted by atomic mass is 10.1. The van der Waals surface area contributed by atoms with E-state index in [0.29, 0.717) is 58.3 Å². The summed E-state index contributed by atoms with van der Waals surface area (Å²) in [7, 11) is 0. The van der Waals surface area contributed by atoms with E-state index >= 15 is 0 Å². The summed E-state index contributed by atoms with van der Waals surface area (Å²) in [5.74, 6) is -0.436. The van der Waals surface area contributed by atoms with Crippen molar-refractivity contribution in [3.8, 4) is 0 Å². The Kier molecular flexibility index (Phi) is 5.36. The minimum atomic E-state index is -0.493. The van der Waals surface area contributed by atoms with Gasteiger partial charge in [-0.3, -0.25) is 19.7 Å². The first-order chi connectivity index (χ1) is 14.3. The zero-order chi connectivity index (χ0) is 21.4. The summed E-state index contributed by atoms with van der Waals surface area (Å²) in [4.78, 5) is 42.5. The molecule has 2 aromatic carbocycles. The largest absolute Gasteiger partial charge is 0.360 e. The Labute approximate surface area is 181 Å². The summed E-state index contributed by atoms with van der Waals surface area (Å²) < 4.78 is 0. The molecule has 0 aliphatic carbocycles. The molecular weight excluding hydrogens is 431 g/mol. The van der Waals surface area contributed by atoms with E-state index in [1.54, 1.807) is 40.3 Å². The fourth-order valence-corrected chi connectivity index (χ4v) is 4.07. The first-order valence-electron chi connectivity index (χ1n) is 9.13. The van der Waals surface area contributed by atoms with Gasteiger partial charge >= 0.3 is 0 Å². The molecule has 0 bridgehead atoms. The molecule has 10 heteroatoms. The molecule has 30 heavy (non-hydrogen) atoms. The minimum absolute atomic E-state index is 0.0771. The molecule has 1 saturated heterocycles. The van der Waals surface area contributed by atoms with Gasteiger partial charge in [-0.25, -0.2) is 0 Å². The fourth-order valence-electron chi connectivity index (χ4n) is 3.54. The van der Waals surface area contributed by atoms with E-state index < -0.39 is 4.92 Å². The lowest BCUT2D eigenvalue weighted by Gasteiger charge is -2.34. The van der Waals surface area contributed by atoms with Crippen LogP contribution in [-0.2, 0) is 0 Å². The number of rotatable bonds is 3. The van der Waals surface area contributed by atoms with Crippen molar-refractivity contribution >= 4 is 51.6 Å². The second-order valence-electron chi connectivity index (χ2n) is 6.93. The summed E-state index contributed by atoms with van der Waals surface area (Å²) in [5, 5.41) is 12.3. The number of hydrogen-bond acceptors (Lipinski definition) is 4. The van der Waals surface area contributed by atoms with Gasteiger partial charge < -0.3 is 14.8 Å². The van der Waals surface area contributed by atoms with E-state index in [-0.39, 0.29) is 17.5 Å². The van der Waals surface area contributed by atoms with Crippen LogP contribution in [0.2, 0.25) is 10.0 Å². The number of H-pyrrole nitrogens is 1. The van der Waals surface area contributed by atoms with E-state index in [0.717, 1.165) is 0 Å².